The van der Waals surface area contributed by atoms with Gasteiger partial charge < -0.3 is 9.47 Å². The van der Waals surface area contributed by atoms with Crippen molar-refractivity contribution in [2.24, 2.45) is 5.41 Å². The number of aryl methyl sites for hydroxylation is 1. The molecule has 0 aliphatic carbocycles. The van der Waals surface area contributed by atoms with Crippen LogP contribution in [-0.2, 0) is 14.3 Å². The smallest absolute Gasteiger partial charge is 0.328 e. The van der Waals surface area contributed by atoms with Gasteiger partial charge in [-0.15, -0.1) is 0 Å². The highest BCUT2D eigenvalue weighted by Crippen LogP contribution is 2.33. The normalized spacial score (nSPS) is 11.1. The molecule has 0 radical (unpaired) electrons. The molecule has 0 amide bonds. The van der Waals surface area contributed by atoms with Crippen molar-refractivity contribution in [2.45, 2.75) is 40.5 Å². The highest BCUT2D eigenvalue weighted by molar-refractivity contribution is 6.32. The molecule has 1 aromatic carbocycles. The fourth-order valence-electron chi connectivity index (χ4n) is 2.07. The van der Waals surface area contributed by atoms with Crippen molar-refractivity contribution in [3.8, 4) is 5.75 Å². The average molecular weight is 313 g/mol. The van der Waals surface area contributed by atoms with Crippen molar-refractivity contribution in [3.05, 3.63) is 28.8 Å². The largest absolute Gasteiger partial charge is 0.465 e. The van der Waals surface area contributed by atoms with E-state index in [-0.39, 0.29) is 12.4 Å². The third-order valence-corrected chi connectivity index (χ3v) is 3.87. The van der Waals surface area contributed by atoms with Crippen LogP contribution in [0.2, 0.25) is 5.02 Å². The predicted molar refractivity (Wildman–Crippen MR) is 81.5 cm³/mol. The summed E-state index contributed by atoms with van der Waals surface area (Å²) in [6, 6.07) is 5.14. The zero-order valence-corrected chi connectivity index (χ0v) is 13.6. The molecule has 116 valence electrons. The number of hydrogen-bond donors (Lipinski definition) is 0. The second-order valence-corrected chi connectivity index (χ2v) is 5.24. The van der Waals surface area contributed by atoms with E-state index in [1.165, 1.54) is 0 Å². The number of ether oxygens (including phenoxy) is 2. The fourth-order valence-corrected chi connectivity index (χ4v) is 2.22. The van der Waals surface area contributed by atoms with Gasteiger partial charge in [-0.2, -0.15) is 0 Å². The first-order chi connectivity index (χ1) is 9.91. The van der Waals surface area contributed by atoms with E-state index in [9.17, 15) is 9.59 Å². The number of carbonyl (C=O) groups is 2. The fraction of sp³-hybridized carbons (Fsp3) is 0.500. The van der Waals surface area contributed by atoms with E-state index in [1.54, 1.807) is 32.9 Å². The Hall–Kier alpha value is -1.55. The maximum atomic E-state index is 12.5. The van der Waals surface area contributed by atoms with E-state index >= 15 is 0 Å². The second kappa shape index (κ2) is 7.46. The molecule has 0 heterocycles. The van der Waals surface area contributed by atoms with E-state index in [0.29, 0.717) is 17.9 Å². The van der Waals surface area contributed by atoms with Crippen LogP contribution in [0.15, 0.2) is 18.2 Å². The molecule has 0 aliphatic heterocycles. The number of carbonyl (C=O) groups excluding carboxylic acids is 2. The molecule has 0 aromatic heterocycles. The minimum atomic E-state index is -1.29. The molecule has 4 nitrogen and oxygen atoms in total. The molecule has 0 bridgehead atoms. The van der Waals surface area contributed by atoms with E-state index in [1.807, 2.05) is 13.0 Å². The van der Waals surface area contributed by atoms with Crippen molar-refractivity contribution in [1.82, 2.24) is 0 Å². The summed E-state index contributed by atoms with van der Waals surface area (Å²) in [7, 11) is 0. The van der Waals surface area contributed by atoms with Crippen LogP contribution in [0.4, 0.5) is 0 Å². The lowest BCUT2D eigenvalue weighted by Crippen LogP contribution is -2.42. The molecular weight excluding hydrogens is 292 g/mol. The van der Waals surface area contributed by atoms with Crippen LogP contribution in [0.3, 0.4) is 0 Å². The lowest BCUT2D eigenvalue weighted by atomic mass is 9.82. The molecule has 21 heavy (non-hydrogen) atoms. The van der Waals surface area contributed by atoms with E-state index in [0.717, 1.165) is 5.56 Å². The molecule has 0 saturated carbocycles. The minimum Gasteiger partial charge on any atom is -0.465 e. The average Bonchev–Trinajstić information content (AvgIpc) is 2.45. The maximum Gasteiger partial charge on any atom is 0.328 e. The summed E-state index contributed by atoms with van der Waals surface area (Å²) in [6.45, 7) is 7.32. The molecule has 0 atom stereocenters. The van der Waals surface area contributed by atoms with Gasteiger partial charge in [0.05, 0.1) is 11.6 Å². The maximum absolute atomic E-state index is 12.5. The lowest BCUT2D eigenvalue weighted by molar-refractivity contribution is -0.167. The first-order valence-corrected chi connectivity index (χ1v) is 7.44. The third-order valence-electron chi connectivity index (χ3n) is 3.55. The van der Waals surface area contributed by atoms with Gasteiger partial charge in [0.2, 0.25) is 0 Å². The molecule has 5 heteroatoms. The molecule has 0 aliphatic rings. The Morgan fingerprint density at radius 3 is 2.29 bits per heavy atom. The number of rotatable bonds is 6. The Kier molecular flexibility index (Phi) is 6.21. The zero-order valence-electron chi connectivity index (χ0n) is 12.9. The van der Waals surface area contributed by atoms with Crippen LogP contribution < -0.4 is 4.74 Å². The van der Waals surface area contributed by atoms with E-state index in [2.05, 4.69) is 0 Å². The van der Waals surface area contributed by atoms with Gasteiger partial charge in [0.25, 0.3) is 0 Å². The van der Waals surface area contributed by atoms with Crippen LogP contribution in [0.1, 0.15) is 39.2 Å². The van der Waals surface area contributed by atoms with Gasteiger partial charge in [0.1, 0.15) is 5.75 Å². The molecule has 0 fully saturated rings. The van der Waals surface area contributed by atoms with Gasteiger partial charge in [-0.05, 0) is 44.4 Å². The number of esters is 2. The van der Waals surface area contributed by atoms with Crippen molar-refractivity contribution in [2.75, 3.05) is 6.61 Å². The lowest BCUT2D eigenvalue weighted by Gasteiger charge is -2.26. The van der Waals surface area contributed by atoms with Crippen LogP contribution in [0.5, 0.6) is 5.75 Å². The second-order valence-electron chi connectivity index (χ2n) is 4.83. The van der Waals surface area contributed by atoms with Gasteiger partial charge in [-0.25, -0.2) is 0 Å². The minimum absolute atomic E-state index is 0.221. The summed E-state index contributed by atoms with van der Waals surface area (Å²) in [6.07, 6.45) is 0.620. The van der Waals surface area contributed by atoms with Crippen LogP contribution >= 0.6 is 11.6 Å². The molecule has 1 rings (SSSR count). The Morgan fingerprint density at radius 1 is 1.14 bits per heavy atom. The first-order valence-electron chi connectivity index (χ1n) is 7.06. The molecule has 0 spiro atoms. The van der Waals surface area contributed by atoms with Crippen LogP contribution in [0, 0.1) is 12.3 Å². The van der Waals surface area contributed by atoms with E-state index < -0.39 is 17.4 Å². The van der Waals surface area contributed by atoms with Crippen molar-refractivity contribution < 1.29 is 19.1 Å². The monoisotopic (exact) mass is 312 g/mol. The Balaban J connectivity index is 3.07. The van der Waals surface area contributed by atoms with Crippen molar-refractivity contribution >= 4 is 23.5 Å². The highest BCUT2D eigenvalue weighted by Gasteiger charge is 2.46. The number of benzene rings is 1. The SMILES string of the molecule is CCOC(=O)C(CC)(CC)C(=O)Oc1cc(C)ccc1Cl. The summed E-state index contributed by atoms with van der Waals surface area (Å²) in [5, 5.41) is 0.332. The quantitative estimate of drug-likeness (QED) is 0.454. The molecule has 0 N–H and O–H groups in total. The summed E-state index contributed by atoms with van der Waals surface area (Å²) < 4.78 is 10.4. The van der Waals surface area contributed by atoms with Gasteiger partial charge in [-0.3, -0.25) is 9.59 Å². The molecular formula is C16H21ClO4. The predicted octanol–water partition coefficient (Wildman–Crippen LogP) is 3.92. The van der Waals surface area contributed by atoms with Gasteiger partial charge >= 0.3 is 11.9 Å². The molecule has 1 aromatic rings. The Labute approximate surface area is 130 Å². The zero-order chi connectivity index (χ0) is 16.0. The standard InChI is InChI=1S/C16H21ClO4/c1-5-16(6-2,14(18)20-7-3)15(19)21-13-10-11(4)8-9-12(13)17/h8-10H,5-7H2,1-4H3. The Morgan fingerprint density at radius 2 is 1.76 bits per heavy atom. The van der Waals surface area contributed by atoms with Crippen LogP contribution in [0.25, 0.3) is 0 Å². The van der Waals surface area contributed by atoms with Crippen molar-refractivity contribution in [3.63, 3.8) is 0 Å². The summed E-state index contributed by atoms with van der Waals surface area (Å²) in [4.78, 5) is 24.6. The van der Waals surface area contributed by atoms with Crippen LogP contribution in [-0.4, -0.2) is 18.5 Å². The summed E-state index contributed by atoms with van der Waals surface area (Å²) in [5.74, 6) is -0.917. The Bertz CT molecular complexity index is 521. The number of halogens is 1. The molecule has 0 saturated heterocycles. The van der Waals surface area contributed by atoms with Gasteiger partial charge in [0.15, 0.2) is 5.41 Å². The van der Waals surface area contributed by atoms with E-state index in [4.69, 9.17) is 21.1 Å². The summed E-state index contributed by atoms with van der Waals surface area (Å²) >= 11 is 6.02. The third kappa shape index (κ3) is 3.76. The summed E-state index contributed by atoms with van der Waals surface area (Å²) in [5.41, 5.74) is -0.375. The van der Waals surface area contributed by atoms with Crippen molar-refractivity contribution in [1.29, 1.82) is 0 Å². The van der Waals surface area contributed by atoms with Gasteiger partial charge in [0, 0.05) is 0 Å². The topological polar surface area (TPSA) is 52.6 Å². The number of hydrogen-bond acceptors (Lipinski definition) is 4. The van der Waals surface area contributed by atoms with Gasteiger partial charge in [-0.1, -0.05) is 31.5 Å². The first kappa shape index (κ1) is 17.5. The highest BCUT2D eigenvalue weighted by atomic mass is 35.5. The molecule has 0 unspecified atom stereocenters.